The zero-order valence-corrected chi connectivity index (χ0v) is 11.9. The molecule has 1 amide bonds. The Kier molecular flexibility index (Phi) is 2.69. The van der Waals surface area contributed by atoms with Crippen LogP contribution in [0.3, 0.4) is 0 Å². The van der Waals surface area contributed by atoms with Gasteiger partial charge in [-0.15, -0.1) is 0 Å². The average Bonchev–Trinajstić information content (AvgIpc) is 2.49. The van der Waals surface area contributed by atoms with Crippen LogP contribution in [0.1, 0.15) is 52.5 Å². The normalized spacial score (nSPS) is 30.1. The third-order valence-electron chi connectivity index (χ3n) is 2.73. The van der Waals surface area contributed by atoms with Gasteiger partial charge in [-0.25, -0.2) is 4.79 Å². The molecule has 1 saturated heterocycles. The van der Waals surface area contributed by atoms with E-state index in [9.17, 15) is 9.90 Å². The molecule has 1 aliphatic heterocycles. The molecule has 1 rings (SSSR count). The van der Waals surface area contributed by atoms with Gasteiger partial charge in [0.25, 0.3) is 0 Å². The van der Waals surface area contributed by atoms with E-state index in [0.29, 0.717) is 0 Å². The van der Waals surface area contributed by atoms with Crippen LogP contribution in [0.4, 0.5) is 4.79 Å². The van der Waals surface area contributed by atoms with Crippen LogP contribution < -0.4 is 0 Å². The number of rotatable bonds is 1. The van der Waals surface area contributed by atoms with Crippen molar-refractivity contribution in [1.82, 2.24) is 4.90 Å². The summed E-state index contributed by atoms with van der Waals surface area (Å²) in [5.74, 6) is 0. The van der Waals surface area contributed by atoms with Gasteiger partial charge in [-0.2, -0.15) is 0 Å². The highest BCUT2D eigenvalue weighted by molar-refractivity contribution is 5.70. The van der Waals surface area contributed by atoms with E-state index in [0.717, 1.165) is 0 Å². The SMILES string of the molecule is [2H]C([2H])([2H])[C@@](C)(O)C1COC(C)(C)N1C(=O)OC(C)(C)C. The molecule has 2 atom stereocenters. The van der Waals surface area contributed by atoms with Crippen LogP contribution in [0.2, 0.25) is 0 Å². The molecule has 0 aromatic rings. The molecule has 0 saturated carbocycles. The quantitative estimate of drug-likeness (QED) is 0.786. The second-order valence-electron chi connectivity index (χ2n) is 6.27. The van der Waals surface area contributed by atoms with Crippen molar-refractivity contribution in [2.75, 3.05) is 6.61 Å². The van der Waals surface area contributed by atoms with Gasteiger partial charge >= 0.3 is 6.09 Å². The highest BCUT2D eigenvalue weighted by Gasteiger charge is 2.50. The van der Waals surface area contributed by atoms with Gasteiger partial charge in [0.05, 0.1) is 18.2 Å². The second-order valence-corrected chi connectivity index (χ2v) is 6.27. The Hall–Kier alpha value is -0.810. The number of hydrogen-bond acceptors (Lipinski definition) is 4. The molecule has 106 valence electrons. The molecular formula is C13H25NO4. The predicted molar refractivity (Wildman–Crippen MR) is 68.2 cm³/mol. The third kappa shape index (κ3) is 3.36. The molecule has 0 aromatic carbocycles. The fraction of sp³-hybridized carbons (Fsp3) is 0.923. The topological polar surface area (TPSA) is 59.0 Å². The van der Waals surface area contributed by atoms with Gasteiger partial charge in [-0.3, -0.25) is 4.90 Å². The number of aliphatic hydroxyl groups is 1. The first-order valence-corrected chi connectivity index (χ1v) is 5.98. The lowest BCUT2D eigenvalue weighted by Crippen LogP contribution is -2.56. The Morgan fingerprint density at radius 1 is 1.50 bits per heavy atom. The Bertz CT molecular complexity index is 413. The minimum absolute atomic E-state index is 0.0718. The van der Waals surface area contributed by atoms with Gasteiger partial charge < -0.3 is 14.6 Å². The van der Waals surface area contributed by atoms with Crippen LogP contribution in [0.5, 0.6) is 0 Å². The molecule has 5 heteroatoms. The summed E-state index contributed by atoms with van der Waals surface area (Å²) in [7, 11) is 0. The first kappa shape index (κ1) is 11.1. The summed E-state index contributed by atoms with van der Waals surface area (Å²) in [5.41, 5.74) is -3.88. The lowest BCUT2D eigenvalue weighted by Gasteiger charge is -2.38. The molecule has 0 aliphatic carbocycles. The molecule has 18 heavy (non-hydrogen) atoms. The van der Waals surface area contributed by atoms with Crippen LogP contribution in [0.25, 0.3) is 0 Å². The average molecular weight is 262 g/mol. The van der Waals surface area contributed by atoms with E-state index >= 15 is 0 Å². The maximum Gasteiger partial charge on any atom is 0.413 e. The fourth-order valence-electron chi connectivity index (χ4n) is 1.87. The van der Waals surface area contributed by atoms with Gasteiger partial charge in [-0.1, -0.05) is 0 Å². The summed E-state index contributed by atoms with van der Waals surface area (Å²) in [5, 5.41) is 10.4. The lowest BCUT2D eigenvalue weighted by atomic mass is 9.98. The molecule has 1 N–H and O–H groups in total. The molecular weight excluding hydrogens is 234 g/mol. The summed E-state index contributed by atoms with van der Waals surface area (Å²) in [4.78, 5) is 13.6. The Labute approximate surface area is 113 Å². The smallest absolute Gasteiger partial charge is 0.413 e. The van der Waals surface area contributed by atoms with E-state index in [2.05, 4.69) is 0 Å². The molecule has 0 aromatic heterocycles. The summed E-state index contributed by atoms with van der Waals surface area (Å²) in [6, 6.07) is -1.02. The lowest BCUT2D eigenvalue weighted by molar-refractivity contribution is -0.0757. The van der Waals surface area contributed by atoms with Gasteiger partial charge in [-0.05, 0) is 48.4 Å². The highest BCUT2D eigenvalue weighted by Crippen LogP contribution is 2.34. The van der Waals surface area contributed by atoms with E-state index < -0.39 is 35.9 Å². The van der Waals surface area contributed by atoms with E-state index in [-0.39, 0.29) is 6.61 Å². The summed E-state index contributed by atoms with van der Waals surface area (Å²) >= 11 is 0. The fourth-order valence-corrected chi connectivity index (χ4v) is 1.87. The first-order chi connectivity index (χ1) is 9.09. The van der Waals surface area contributed by atoms with E-state index in [4.69, 9.17) is 13.6 Å². The molecule has 1 heterocycles. The van der Waals surface area contributed by atoms with Crippen molar-refractivity contribution >= 4 is 6.09 Å². The summed E-state index contributed by atoms with van der Waals surface area (Å²) in [6.45, 7) is 6.87. The Morgan fingerprint density at radius 2 is 2.06 bits per heavy atom. The number of ether oxygens (including phenoxy) is 2. The Balaban J connectivity index is 3.14. The van der Waals surface area contributed by atoms with Crippen molar-refractivity contribution < 1.29 is 23.5 Å². The van der Waals surface area contributed by atoms with Crippen molar-refractivity contribution in [2.45, 2.75) is 71.4 Å². The predicted octanol–water partition coefficient (Wildman–Crippen LogP) is 2.13. The summed E-state index contributed by atoms with van der Waals surface area (Å²) in [6.07, 6.45) is -0.709. The van der Waals surface area contributed by atoms with Crippen LogP contribution >= 0.6 is 0 Å². The molecule has 1 unspecified atom stereocenters. The molecule has 0 radical (unpaired) electrons. The van der Waals surface area contributed by atoms with Gasteiger partial charge in [0.15, 0.2) is 0 Å². The van der Waals surface area contributed by atoms with E-state index in [1.165, 1.54) is 11.8 Å². The third-order valence-corrected chi connectivity index (χ3v) is 2.73. The van der Waals surface area contributed by atoms with Crippen LogP contribution in [-0.4, -0.2) is 45.7 Å². The van der Waals surface area contributed by atoms with Crippen LogP contribution in [0.15, 0.2) is 0 Å². The van der Waals surface area contributed by atoms with Crippen molar-refractivity contribution in [3.63, 3.8) is 0 Å². The molecule has 1 aliphatic rings. The maximum absolute atomic E-state index is 12.4. The minimum Gasteiger partial charge on any atom is -0.444 e. The second kappa shape index (κ2) is 4.38. The van der Waals surface area contributed by atoms with Crippen molar-refractivity contribution in [3.05, 3.63) is 0 Å². The number of carbonyl (C=O) groups is 1. The zero-order chi connectivity index (χ0) is 16.9. The summed E-state index contributed by atoms with van der Waals surface area (Å²) < 4.78 is 33.3. The minimum atomic E-state index is -2.65. The van der Waals surface area contributed by atoms with E-state index in [1.54, 1.807) is 34.6 Å². The number of hydrogen-bond donors (Lipinski definition) is 1. The molecule has 5 nitrogen and oxygen atoms in total. The number of amides is 1. The number of carbonyl (C=O) groups excluding carboxylic acids is 1. The maximum atomic E-state index is 12.4. The van der Waals surface area contributed by atoms with Crippen molar-refractivity contribution in [3.8, 4) is 0 Å². The van der Waals surface area contributed by atoms with E-state index in [1.807, 2.05) is 0 Å². The van der Waals surface area contributed by atoms with Gasteiger partial charge in [0.2, 0.25) is 0 Å². The van der Waals surface area contributed by atoms with Gasteiger partial charge in [0.1, 0.15) is 11.3 Å². The molecule has 0 bridgehead atoms. The molecule has 0 spiro atoms. The van der Waals surface area contributed by atoms with Gasteiger partial charge in [0, 0.05) is 4.11 Å². The Morgan fingerprint density at radius 3 is 2.50 bits per heavy atom. The highest BCUT2D eigenvalue weighted by atomic mass is 16.6. The standard InChI is InChI=1S/C13H25NO4/c1-11(2,3)18-10(15)14-9(12(4,5)16)8-17-13(14,6)7/h9,16H,8H2,1-7H3/i4D3/t9?,12-/m0/s1. The molecule has 1 fully saturated rings. The van der Waals surface area contributed by atoms with Crippen molar-refractivity contribution in [1.29, 1.82) is 0 Å². The zero-order valence-electron chi connectivity index (χ0n) is 14.9. The van der Waals surface area contributed by atoms with Crippen LogP contribution in [0, 0.1) is 0 Å². The number of nitrogens with zero attached hydrogens (tertiary/aromatic N) is 1. The first-order valence-electron chi connectivity index (χ1n) is 7.48. The largest absolute Gasteiger partial charge is 0.444 e. The van der Waals surface area contributed by atoms with Crippen LogP contribution in [-0.2, 0) is 9.47 Å². The monoisotopic (exact) mass is 262 g/mol. The van der Waals surface area contributed by atoms with Crippen molar-refractivity contribution in [2.24, 2.45) is 0 Å².